The van der Waals surface area contributed by atoms with Crippen LogP contribution in [0.3, 0.4) is 0 Å². The molecule has 2 heterocycles. The molecule has 0 N–H and O–H groups in total. The van der Waals surface area contributed by atoms with Crippen molar-refractivity contribution in [3.63, 3.8) is 0 Å². The lowest BCUT2D eigenvalue weighted by molar-refractivity contribution is -0.132. The maximum atomic E-state index is 13.4. The fourth-order valence-electron chi connectivity index (χ4n) is 4.90. The number of nitrogens with zero attached hydrogens (tertiary/aromatic N) is 5. The van der Waals surface area contributed by atoms with E-state index in [2.05, 4.69) is 15.1 Å². The molecule has 1 aliphatic rings. The first-order valence-electron chi connectivity index (χ1n) is 13.8. The van der Waals surface area contributed by atoms with Gasteiger partial charge < -0.3 is 24.2 Å². The van der Waals surface area contributed by atoms with Crippen LogP contribution in [0.1, 0.15) is 42.6 Å². The topological polar surface area (TPSA) is 88.1 Å². The van der Waals surface area contributed by atoms with Gasteiger partial charge in [0.05, 0.1) is 19.9 Å². The van der Waals surface area contributed by atoms with Crippen LogP contribution in [0.25, 0.3) is 11.3 Å². The number of benzene rings is 2. The maximum absolute atomic E-state index is 13.4. The third-order valence-corrected chi connectivity index (χ3v) is 7.57. The normalized spacial score (nSPS) is 14.3. The molecule has 0 spiro atoms. The van der Waals surface area contributed by atoms with Crippen molar-refractivity contribution in [3.05, 3.63) is 65.7 Å². The highest BCUT2D eigenvalue weighted by Crippen LogP contribution is 2.31. The quantitative estimate of drug-likeness (QED) is 0.393. The van der Waals surface area contributed by atoms with E-state index in [-0.39, 0.29) is 24.4 Å². The molecule has 4 rings (SSSR count). The number of methoxy groups -OCH3 is 2. The Bertz CT molecular complexity index is 1310. The number of aromatic nitrogens is 2. The van der Waals surface area contributed by atoms with Gasteiger partial charge in [-0.3, -0.25) is 9.59 Å². The van der Waals surface area contributed by atoms with Gasteiger partial charge in [-0.05, 0) is 68.7 Å². The molecule has 0 radical (unpaired) electrons. The Balaban J connectivity index is 1.41. The van der Waals surface area contributed by atoms with Gasteiger partial charge in [-0.25, -0.2) is 0 Å². The molecule has 1 atom stereocenters. The molecule has 2 aromatic carbocycles. The third-order valence-electron chi connectivity index (χ3n) is 7.57. The zero-order valence-corrected chi connectivity index (χ0v) is 24.1. The molecule has 0 bridgehead atoms. The summed E-state index contributed by atoms with van der Waals surface area (Å²) < 4.78 is 10.7. The molecule has 9 nitrogen and oxygen atoms in total. The minimum atomic E-state index is -0.0953. The second kappa shape index (κ2) is 13.3. The SMILES string of the molecule is CCC(C)N(CC(=O)N1CCCN(c2ccc(-c3ccc(OC)c(OC)c3)nn2)CC1)C(=O)c1ccccc1C. The summed E-state index contributed by atoms with van der Waals surface area (Å²) >= 11 is 0. The molecule has 1 fully saturated rings. The van der Waals surface area contributed by atoms with Gasteiger partial charge in [0, 0.05) is 43.3 Å². The fraction of sp³-hybridized carbons (Fsp3) is 0.419. The lowest BCUT2D eigenvalue weighted by Crippen LogP contribution is -2.47. The van der Waals surface area contributed by atoms with Crippen molar-refractivity contribution in [2.24, 2.45) is 0 Å². The van der Waals surface area contributed by atoms with Gasteiger partial charge in [0.1, 0.15) is 6.54 Å². The number of amides is 2. The predicted octanol–water partition coefficient (Wildman–Crippen LogP) is 4.45. The van der Waals surface area contributed by atoms with Crippen LogP contribution >= 0.6 is 0 Å². The van der Waals surface area contributed by atoms with Crippen LogP contribution in [0, 0.1) is 6.92 Å². The highest BCUT2D eigenvalue weighted by molar-refractivity contribution is 5.98. The van der Waals surface area contributed by atoms with Gasteiger partial charge in [-0.2, -0.15) is 0 Å². The van der Waals surface area contributed by atoms with Crippen LogP contribution in [-0.2, 0) is 4.79 Å². The summed E-state index contributed by atoms with van der Waals surface area (Å²) in [5.74, 6) is 1.94. The summed E-state index contributed by atoms with van der Waals surface area (Å²) in [4.78, 5) is 32.6. The summed E-state index contributed by atoms with van der Waals surface area (Å²) in [6.07, 6.45) is 1.58. The minimum absolute atomic E-state index is 0.0287. The van der Waals surface area contributed by atoms with Gasteiger partial charge >= 0.3 is 0 Å². The molecule has 1 aliphatic heterocycles. The molecular weight excluding hydrogens is 506 g/mol. The minimum Gasteiger partial charge on any atom is -0.493 e. The Labute approximate surface area is 236 Å². The lowest BCUT2D eigenvalue weighted by atomic mass is 10.1. The molecule has 1 aromatic heterocycles. The number of anilines is 1. The molecule has 2 amide bonds. The number of aryl methyl sites for hydroxylation is 1. The smallest absolute Gasteiger partial charge is 0.254 e. The van der Waals surface area contributed by atoms with Crippen molar-refractivity contribution >= 4 is 17.6 Å². The van der Waals surface area contributed by atoms with Crippen molar-refractivity contribution in [3.8, 4) is 22.8 Å². The van der Waals surface area contributed by atoms with Crippen molar-refractivity contribution in [1.29, 1.82) is 0 Å². The molecule has 1 saturated heterocycles. The second-order valence-electron chi connectivity index (χ2n) is 10.1. The monoisotopic (exact) mass is 545 g/mol. The van der Waals surface area contributed by atoms with Crippen molar-refractivity contribution in [1.82, 2.24) is 20.0 Å². The number of ether oxygens (including phenoxy) is 2. The van der Waals surface area contributed by atoms with Crippen LogP contribution in [0.5, 0.6) is 11.5 Å². The van der Waals surface area contributed by atoms with Crippen LogP contribution in [0.15, 0.2) is 54.6 Å². The summed E-state index contributed by atoms with van der Waals surface area (Å²) in [5, 5.41) is 8.93. The number of carbonyl (C=O) groups excluding carboxylic acids is 2. The van der Waals surface area contributed by atoms with Crippen molar-refractivity contribution in [2.45, 2.75) is 39.7 Å². The van der Waals surface area contributed by atoms with E-state index in [9.17, 15) is 9.59 Å². The van der Waals surface area contributed by atoms with Gasteiger partial charge in [0.15, 0.2) is 17.3 Å². The molecule has 40 heavy (non-hydrogen) atoms. The molecule has 1 unspecified atom stereocenters. The Morgan fingerprint density at radius 2 is 1.73 bits per heavy atom. The van der Waals surface area contributed by atoms with Gasteiger partial charge in [-0.15, -0.1) is 10.2 Å². The van der Waals surface area contributed by atoms with Gasteiger partial charge in [0.2, 0.25) is 5.91 Å². The van der Waals surface area contributed by atoms with E-state index < -0.39 is 0 Å². The Morgan fingerprint density at radius 1 is 0.950 bits per heavy atom. The van der Waals surface area contributed by atoms with Crippen molar-refractivity contribution in [2.75, 3.05) is 51.8 Å². The van der Waals surface area contributed by atoms with Crippen molar-refractivity contribution < 1.29 is 19.1 Å². The number of carbonyl (C=O) groups is 2. The summed E-state index contributed by atoms with van der Waals surface area (Å²) in [7, 11) is 3.21. The van der Waals surface area contributed by atoms with E-state index in [1.54, 1.807) is 19.1 Å². The standard InChI is InChI=1S/C31H39N5O4/c1-6-23(3)36(31(38)25-11-8-7-10-22(25)2)21-30(37)35-17-9-16-34(18-19-35)29-15-13-26(32-33-29)24-12-14-27(39-4)28(20-24)40-5/h7-8,10-15,20,23H,6,9,16-19,21H2,1-5H3. The van der Waals surface area contributed by atoms with Gasteiger partial charge in [0.25, 0.3) is 5.91 Å². The van der Waals surface area contributed by atoms with E-state index in [1.165, 1.54) is 0 Å². The Hall–Kier alpha value is -4.14. The largest absolute Gasteiger partial charge is 0.493 e. The second-order valence-corrected chi connectivity index (χ2v) is 10.1. The number of rotatable bonds is 9. The predicted molar refractivity (Wildman–Crippen MR) is 156 cm³/mol. The van der Waals surface area contributed by atoms with Crippen LogP contribution in [-0.4, -0.2) is 84.8 Å². The van der Waals surface area contributed by atoms with E-state index >= 15 is 0 Å². The Kier molecular flexibility index (Phi) is 9.58. The van der Waals surface area contributed by atoms with E-state index in [0.717, 1.165) is 42.0 Å². The average molecular weight is 546 g/mol. The Morgan fingerprint density at radius 3 is 2.40 bits per heavy atom. The van der Waals surface area contributed by atoms with Crippen LogP contribution < -0.4 is 14.4 Å². The summed E-state index contributed by atoms with van der Waals surface area (Å²) in [5.41, 5.74) is 3.18. The number of hydrogen-bond acceptors (Lipinski definition) is 7. The van der Waals surface area contributed by atoms with Crippen LogP contribution in [0.4, 0.5) is 5.82 Å². The summed E-state index contributed by atoms with van der Waals surface area (Å²) in [6, 6.07) is 17.1. The first-order valence-corrected chi connectivity index (χ1v) is 13.8. The highest BCUT2D eigenvalue weighted by Gasteiger charge is 2.27. The zero-order chi connectivity index (χ0) is 28.6. The molecule has 0 aliphatic carbocycles. The average Bonchev–Trinajstić information content (AvgIpc) is 3.25. The van der Waals surface area contributed by atoms with Crippen LogP contribution in [0.2, 0.25) is 0 Å². The third kappa shape index (κ3) is 6.52. The molecule has 9 heteroatoms. The zero-order valence-electron chi connectivity index (χ0n) is 24.1. The molecular formula is C31H39N5O4. The van der Waals surface area contributed by atoms with E-state index in [0.29, 0.717) is 36.7 Å². The maximum Gasteiger partial charge on any atom is 0.254 e. The summed E-state index contributed by atoms with van der Waals surface area (Å²) in [6.45, 7) is 8.64. The molecule has 0 saturated carbocycles. The first-order chi connectivity index (χ1) is 19.4. The van der Waals surface area contributed by atoms with E-state index in [1.807, 2.05) is 80.3 Å². The number of hydrogen-bond donors (Lipinski definition) is 0. The highest BCUT2D eigenvalue weighted by atomic mass is 16.5. The van der Waals surface area contributed by atoms with Gasteiger partial charge in [-0.1, -0.05) is 25.1 Å². The van der Waals surface area contributed by atoms with E-state index in [4.69, 9.17) is 9.47 Å². The first kappa shape index (κ1) is 28.9. The molecule has 3 aromatic rings. The lowest BCUT2D eigenvalue weighted by Gasteiger charge is -2.31. The molecule has 212 valence electrons. The fourth-order valence-corrected chi connectivity index (χ4v) is 4.90.